The van der Waals surface area contributed by atoms with Gasteiger partial charge < -0.3 is 19.5 Å². The molecule has 0 fully saturated rings. The van der Waals surface area contributed by atoms with Crippen LogP contribution in [0.5, 0.6) is 11.5 Å². The van der Waals surface area contributed by atoms with Gasteiger partial charge in [0.05, 0.1) is 19.9 Å². The number of methoxy groups -OCH3 is 2. The minimum Gasteiger partial charge on any atom is -0.493 e. The Bertz CT molecular complexity index is 1040. The van der Waals surface area contributed by atoms with E-state index in [1.54, 1.807) is 38.5 Å². The van der Waals surface area contributed by atoms with Gasteiger partial charge in [0, 0.05) is 21.0 Å². The highest BCUT2D eigenvalue weighted by molar-refractivity contribution is 9.10. The summed E-state index contributed by atoms with van der Waals surface area (Å²) < 4.78 is 16.6. The fourth-order valence-corrected chi connectivity index (χ4v) is 3.60. The van der Waals surface area contributed by atoms with Gasteiger partial charge in [-0.1, -0.05) is 15.9 Å². The van der Waals surface area contributed by atoms with Gasteiger partial charge in [-0.2, -0.15) is 0 Å². The minimum atomic E-state index is -0.541. The van der Waals surface area contributed by atoms with Crippen molar-refractivity contribution in [3.8, 4) is 22.1 Å². The summed E-state index contributed by atoms with van der Waals surface area (Å²) in [6.07, 6.45) is 0. The number of nitrogens with zero attached hydrogens (tertiary/aromatic N) is 1. The number of thiazole rings is 1. The summed E-state index contributed by atoms with van der Waals surface area (Å²) in [5, 5.41) is 5.12. The summed E-state index contributed by atoms with van der Waals surface area (Å²) in [5.74, 6) is 0.363. The highest BCUT2D eigenvalue weighted by Gasteiger charge is 2.12. The van der Waals surface area contributed by atoms with Gasteiger partial charge in [-0.05, 0) is 42.5 Å². The van der Waals surface area contributed by atoms with Gasteiger partial charge in [0.2, 0.25) is 0 Å². The highest BCUT2D eigenvalue weighted by Crippen LogP contribution is 2.33. The Morgan fingerprint density at radius 1 is 1.07 bits per heavy atom. The third-order valence-electron chi connectivity index (χ3n) is 4.06. The van der Waals surface area contributed by atoms with E-state index in [4.69, 9.17) is 14.2 Å². The maximum Gasteiger partial charge on any atom is 0.325 e. The Morgan fingerprint density at radius 3 is 2.50 bits per heavy atom. The van der Waals surface area contributed by atoms with Crippen LogP contribution in [0.3, 0.4) is 0 Å². The number of benzene rings is 2. The van der Waals surface area contributed by atoms with Crippen LogP contribution < -0.4 is 14.8 Å². The predicted molar refractivity (Wildman–Crippen MR) is 117 cm³/mol. The quantitative estimate of drug-likeness (QED) is 0.479. The van der Waals surface area contributed by atoms with Crippen LogP contribution in [-0.2, 0) is 16.1 Å². The molecule has 0 saturated carbocycles. The smallest absolute Gasteiger partial charge is 0.325 e. The Hall–Kier alpha value is -2.91. The first-order valence-electron chi connectivity index (χ1n) is 8.86. The molecule has 9 heteroatoms. The largest absolute Gasteiger partial charge is 0.493 e. The molecule has 0 saturated heterocycles. The molecular formula is C21H19BrN2O5S. The van der Waals surface area contributed by atoms with Crippen molar-refractivity contribution in [3.63, 3.8) is 0 Å². The molecule has 0 atom stereocenters. The van der Waals surface area contributed by atoms with Crippen LogP contribution in [0.15, 0.2) is 52.3 Å². The lowest BCUT2D eigenvalue weighted by molar-refractivity contribution is -0.143. The number of aromatic nitrogens is 1. The monoisotopic (exact) mass is 490 g/mol. The molecule has 156 valence electrons. The molecular weight excluding hydrogens is 472 g/mol. The van der Waals surface area contributed by atoms with Gasteiger partial charge in [-0.25, -0.2) is 4.98 Å². The number of amides is 1. The molecule has 0 unspecified atom stereocenters. The van der Waals surface area contributed by atoms with Crippen molar-refractivity contribution in [1.29, 1.82) is 0 Å². The number of rotatable bonds is 8. The van der Waals surface area contributed by atoms with Crippen molar-refractivity contribution in [2.75, 3.05) is 20.8 Å². The molecule has 0 radical (unpaired) electrons. The summed E-state index contributed by atoms with van der Waals surface area (Å²) in [4.78, 5) is 28.5. The third-order valence-corrected chi connectivity index (χ3v) is 5.53. The van der Waals surface area contributed by atoms with Crippen molar-refractivity contribution in [1.82, 2.24) is 10.3 Å². The van der Waals surface area contributed by atoms with E-state index in [9.17, 15) is 9.59 Å². The van der Waals surface area contributed by atoms with E-state index >= 15 is 0 Å². The molecule has 0 spiro atoms. The van der Waals surface area contributed by atoms with Crippen molar-refractivity contribution in [2.24, 2.45) is 0 Å². The topological polar surface area (TPSA) is 86.8 Å². The van der Waals surface area contributed by atoms with Gasteiger partial charge in [0.25, 0.3) is 5.91 Å². The summed E-state index contributed by atoms with van der Waals surface area (Å²) in [7, 11) is 3.15. The molecule has 30 heavy (non-hydrogen) atoms. The predicted octanol–water partition coefficient (Wildman–Crippen LogP) is 4.06. The molecule has 0 bridgehead atoms. The normalized spacial score (nSPS) is 10.4. The maximum absolute atomic E-state index is 12.0. The number of halogens is 1. The van der Waals surface area contributed by atoms with Crippen LogP contribution in [-0.4, -0.2) is 37.6 Å². The lowest BCUT2D eigenvalue weighted by atomic mass is 10.2. The molecule has 1 N–H and O–H groups in total. The first kappa shape index (κ1) is 21.8. The molecule has 2 aromatic carbocycles. The van der Waals surface area contributed by atoms with Gasteiger partial charge in [-0.3, -0.25) is 9.59 Å². The maximum atomic E-state index is 12.0. The van der Waals surface area contributed by atoms with E-state index in [0.717, 1.165) is 15.0 Å². The van der Waals surface area contributed by atoms with E-state index < -0.39 is 5.97 Å². The van der Waals surface area contributed by atoms with Crippen molar-refractivity contribution < 1.29 is 23.8 Å². The molecule has 7 nitrogen and oxygen atoms in total. The number of ether oxygens (including phenoxy) is 3. The Morgan fingerprint density at radius 2 is 1.80 bits per heavy atom. The van der Waals surface area contributed by atoms with Crippen molar-refractivity contribution >= 4 is 39.1 Å². The number of carbonyl (C=O) groups excluding carboxylic acids is 2. The molecule has 0 aliphatic carbocycles. The number of hydrogen-bond donors (Lipinski definition) is 1. The average Bonchev–Trinajstić information content (AvgIpc) is 3.25. The van der Waals surface area contributed by atoms with Gasteiger partial charge in [-0.15, -0.1) is 11.3 Å². The summed E-state index contributed by atoms with van der Waals surface area (Å²) >= 11 is 4.74. The van der Waals surface area contributed by atoms with Crippen LogP contribution in [0.25, 0.3) is 10.6 Å². The second-order valence-corrected chi connectivity index (χ2v) is 7.84. The van der Waals surface area contributed by atoms with E-state index in [1.807, 2.05) is 23.6 Å². The van der Waals surface area contributed by atoms with Gasteiger partial charge in [0.15, 0.2) is 11.5 Å². The number of esters is 1. The van der Waals surface area contributed by atoms with Crippen LogP contribution >= 0.6 is 27.3 Å². The zero-order valence-electron chi connectivity index (χ0n) is 16.3. The average molecular weight is 491 g/mol. The SMILES string of the molecule is COc1ccc(-c2nc(COC(=O)CNC(=O)c3ccc(Br)cc3)cs2)cc1OC. The molecule has 0 aliphatic rings. The van der Waals surface area contributed by atoms with E-state index in [1.165, 1.54) is 11.3 Å². The van der Waals surface area contributed by atoms with Crippen LogP contribution in [0.2, 0.25) is 0 Å². The third kappa shape index (κ3) is 5.58. The second-order valence-electron chi connectivity index (χ2n) is 6.06. The number of nitrogens with one attached hydrogen (secondary N) is 1. The van der Waals surface area contributed by atoms with Crippen LogP contribution in [0.1, 0.15) is 16.1 Å². The fourth-order valence-electron chi connectivity index (χ4n) is 2.54. The zero-order chi connectivity index (χ0) is 21.5. The lowest BCUT2D eigenvalue weighted by Gasteiger charge is -2.08. The molecule has 0 aliphatic heterocycles. The summed E-state index contributed by atoms with van der Waals surface area (Å²) in [6.45, 7) is -0.196. The first-order valence-corrected chi connectivity index (χ1v) is 10.5. The molecule has 3 aromatic rings. The van der Waals surface area contributed by atoms with Crippen molar-refractivity contribution in [2.45, 2.75) is 6.61 Å². The second kappa shape index (κ2) is 10.2. The van der Waals surface area contributed by atoms with Gasteiger partial charge in [0.1, 0.15) is 18.2 Å². The molecule has 1 aromatic heterocycles. The molecule has 1 amide bonds. The fraction of sp³-hybridized carbons (Fsp3) is 0.190. The highest BCUT2D eigenvalue weighted by atomic mass is 79.9. The Labute approximate surface area is 186 Å². The summed E-state index contributed by atoms with van der Waals surface area (Å²) in [6, 6.07) is 12.4. The van der Waals surface area contributed by atoms with E-state index in [-0.39, 0.29) is 19.1 Å². The first-order chi connectivity index (χ1) is 14.5. The Balaban J connectivity index is 1.52. The van der Waals surface area contributed by atoms with Crippen molar-refractivity contribution in [3.05, 3.63) is 63.6 Å². The van der Waals surface area contributed by atoms with E-state index in [0.29, 0.717) is 22.8 Å². The summed E-state index contributed by atoms with van der Waals surface area (Å²) in [5.41, 5.74) is 1.96. The lowest BCUT2D eigenvalue weighted by Crippen LogP contribution is -2.30. The standard InChI is InChI=1S/C21H19BrN2O5S/c1-27-17-8-5-14(9-18(17)28-2)21-24-16(12-30-21)11-29-19(25)10-23-20(26)13-3-6-15(22)7-4-13/h3-9,12H,10-11H2,1-2H3,(H,23,26). The zero-order valence-corrected chi connectivity index (χ0v) is 18.7. The molecule has 1 heterocycles. The number of hydrogen-bond acceptors (Lipinski definition) is 7. The van der Waals surface area contributed by atoms with Gasteiger partial charge >= 0.3 is 5.97 Å². The van der Waals surface area contributed by atoms with Crippen LogP contribution in [0, 0.1) is 0 Å². The number of carbonyl (C=O) groups is 2. The Kier molecular flexibility index (Phi) is 7.42. The molecule has 3 rings (SSSR count). The van der Waals surface area contributed by atoms with E-state index in [2.05, 4.69) is 26.2 Å². The van der Waals surface area contributed by atoms with Crippen LogP contribution in [0.4, 0.5) is 0 Å². The minimum absolute atomic E-state index is 0.0246.